The van der Waals surface area contributed by atoms with Crippen LogP contribution in [0.3, 0.4) is 0 Å². The Morgan fingerprint density at radius 1 is 1.10 bits per heavy atom. The van der Waals surface area contributed by atoms with Gasteiger partial charge in [-0.1, -0.05) is 23.5 Å². The first-order valence-electron chi connectivity index (χ1n) is 11.0. The Labute approximate surface area is 187 Å². The molecule has 0 unspecified atom stereocenters. The highest BCUT2D eigenvalue weighted by atomic mass is 32.1. The molecule has 2 aliphatic heterocycles. The number of anilines is 1. The molecule has 2 saturated heterocycles. The summed E-state index contributed by atoms with van der Waals surface area (Å²) in [4.78, 5) is 32.6. The van der Waals surface area contributed by atoms with E-state index in [1.807, 2.05) is 34.5 Å². The van der Waals surface area contributed by atoms with Crippen LogP contribution in [0.25, 0.3) is 0 Å². The van der Waals surface area contributed by atoms with Crippen LogP contribution in [0, 0.1) is 0 Å². The van der Waals surface area contributed by atoms with Gasteiger partial charge in [-0.25, -0.2) is 4.98 Å². The molecule has 1 aromatic heterocycles. The van der Waals surface area contributed by atoms with Gasteiger partial charge in [0.1, 0.15) is 6.10 Å². The number of piperidine rings is 2. The van der Waals surface area contributed by atoms with Gasteiger partial charge in [0.15, 0.2) is 0 Å². The molecule has 4 rings (SSSR count). The van der Waals surface area contributed by atoms with Crippen molar-refractivity contribution in [2.45, 2.75) is 51.2 Å². The van der Waals surface area contributed by atoms with Crippen molar-refractivity contribution < 1.29 is 14.3 Å². The fourth-order valence-corrected chi connectivity index (χ4v) is 5.00. The second-order valence-electron chi connectivity index (χ2n) is 8.32. The first-order valence-corrected chi connectivity index (χ1v) is 11.9. The third kappa shape index (κ3) is 6.04. The van der Waals surface area contributed by atoms with Crippen LogP contribution in [0.1, 0.15) is 38.2 Å². The van der Waals surface area contributed by atoms with E-state index in [-0.39, 0.29) is 17.9 Å². The molecular formula is C23H30N4O3S. The van der Waals surface area contributed by atoms with E-state index in [9.17, 15) is 9.59 Å². The molecule has 2 amide bonds. The molecule has 2 fully saturated rings. The smallest absolute Gasteiger partial charge is 0.273 e. The fourth-order valence-electron chi connectivity index (χ4n) is 4.45. The lowest BCUT2D eigenvalue weighted by atomic mass is 9.98. The van der Waals surface area contributed by atoms with Crippen molar-refractivity contribution in [1.29, 1.82) is 0 Å². The van der Waals surface area contributed by atoms with Gasteiger partial charge in [0.25, 0.3) is 5.19 Å². The second-order valence-corrected chi connectivity index (χ2v) is 9.18. The summed E-state index contributed by atoms with van der Waals surface area (Å²) in [6.07, 6.45) is 6.59. The van der Waals surface area contributed by atoms with Crippen molar-refractivity contribution >= 4 is 28.8 Å². The molecule has 0 spiro atoms. The summed E-state index contributed by atoms with van der Waals surface area (Å²) in [5, 5.41) is 5.47. The number of carbonyl (C=O) groups is 2. The lowest BCUT2D eigenvalue weighted by molar-refractivity contribution is -0.132. The molecule has 31 heavy (non-hydrogen) atoms. The van der Waals surface area contributed by atoms with E-state index in [1.54, 1.807) is 17.5 Å². The van der Waals surface area contributed by atoms with Crippen LogP contribution in [-0.4, -0.2) is 64.9 Å². The molecule has 0 atom stereocenters. The van der Waals surface area contributed by atoms with Crippen LogP contribution in [0.15, 0.2) is 35.8 Å². The topological polar surface area (TPSA) is 74.8 Å². The minimum atomic E-state index is -0.0945. The van der Waals surface area contributed by atoms with Gasteiger partial charge in [-0.2, -0.15) is 0 Å². The Balaban J connectivity index is 1.19. The molecule has 8 heteroatoms. The molecule has 3 heterocycles. The zero-order valence-corrected chi connectivity index (χ0v) is 18.8. The van der Waals surface area contributed by atoms with Crippen molar-refractivity contribution in [3.63, 3.8) is 0 Å². The second kappa shape index (κ2) is 10.2. The number of nitrogens with one attached hydrogen (secondary N) is 1. The van der Waals surface area contributed by atoms with Gasteiger partial charge in [0.05, 0.1) is 6.42 Å². The maximum atomic E-state index is 12.7. The minimum Gasteiger partial charge on any atom is -0.467 e. The van der Waals surface area contributed by atoms with Crippen molar-refractivity contribution in [1.82, 2.24) is 14.8 Å². The maximum absolute atomic E-state index is 12.7. The summed E-state index contributed by atoms with van der Waals surface area (Å²) in [7, 11) is 0. The lowest BCUT2D eigenvalue weighted by Gasteiger charge is -2.41. The zero-order valence-electron chi connectivity index (χ0n) is 18.0. The van der Waals surface area contributed by atoms with Crippen molar-refractivity contribution in [3.8, 4) is 5.19 Å². The van der Waals surface area contributed by atoms with Gasteiger partial charge in [0, 0.05) is 56.4 Å². The Morgan fingerprint density at radius 3 is 2.42 bits per heavy atom. The summed E-state index contributed by atoms with van der Waals surface area (Å²) >= 11 is 1.55. The number of amides is 2. The quantitative estimate of drug-likeness (QED) is 0.744. The van der Waals surface area contributed by atoms with Crippen molar-refractivity contribution in [3.05, 3.63) is 41.4 Å². The number of ether oxygens (including phenoxy) is 1. The zero-order chi connectivity index (χ0) is 21.6. The van der Waals surface area contributed by atoms with E-state index in [0.717, 1.165) is 68.3 Å². The Bertz CT molecular complexity index is 855. The SMILES string of the molecule is CC(=O)Nc1ccc(CC(=O)N2CCC(N3CCC(Oc4nccs4)CC3)CC2)cc1. The number of nitrogens with zero attached hydrogens (tertiary/aromatic N) is 3. The number of aromatic nitrogens is 1. The molecule has 166 valence electrons. The third-order valence-corrected chi connectivity index (χ3v) is 6.78. The highest BCUT2D eigenvalue weighted by Crippen LogP contribution is 2.25. The van der Waals surface area contributed by atoms with Crippen LogP contribution in [0.5, 0.6) is 5.19 Å². The first-order chi connectivity index (χ1) is 15.1. The number of benzene rings is 1. The number of carbonyl (C=O) groups excluding carboxylic acids is 2. The fraction of sp³-hybridized carbons (Fsp3) is 0.522. The van der Waals surface area contributed by atoms with Crippen LogP contribution < -0.4 is 10.1 Å². The van der Waals surface area contributed by atoms with Gasteiger partial charge in [0.2, 0.25) is 11.8 Å². The van der Waals surface area contributed by atoms with E-state index in [1.165, 1.54) is 6.92 Å². The van der Waals surface area contributed by atoms with Gasteiger partial charge in [-0.05, 0) is 43.4 Å². The summed E-state index contributed by atoms with van der Waals surface area (Å²) in [5.74, 6) is 0.0873. The summed E-state index contributed by atoms with van der Waals surface area (Å²) < 4.78 is 5.97. The summed E-state index contributed by atoms with van der Waals surface area (Å²) in [6.45, 7) is 5.23. The van der Waals surface area contributed by atoms with Gasteiger partial charge in [-0.3, -0.25) is 14.5 Å². The van der Waals surface area contributed by atoms with E-state index >= 15 is 0 Å². The Kier molecular flexibility index (Phi) is 7.19. The Morgan fingerprint density at radius 2 is 1.81 bits per heavy atom. The molecule has 2 aromatic rings. The molecule has 0 saturated carbocycles. The molecule has 2 aliphatic rings. The largest absolute Gasteiger partial charge is 0.467 e. The monoisotopic (exact) mass is 442 g/mol. The first kappa shape index (κ1) is 21.8. The molecule has 0 aliphatic carbocycles. The number of thiazole rings is 1. The predicted octanol–water partition coefficient (Wildman–Crippen LogP) is 3.18. The third-order valence-electron chi connectivity index (χ3n) is 6.12. The average molecular weight is 443 g/mol. The van der Waals surface area contributed by atoms with Crippen molar-refractivity contribution in [2.75, 3.05) is 31.5 Å². The normalized spacial score (nSPS) is 18.7. The molecule has 1 N–H and O–H groups in total. The summed E-state index contributed by atoms with van der Waals surface area (Å²) in [6, 6.07) is 8.07. The average Bonchev–Trinajstić information content (AvgIpc) is 3.28. The van der Waals surface area contributed by atoms with Gasteiger partial charge >= 0.3 is 0 Å². The van der Waals surface area contributed by atoms with E-state index in [4.69, 9.17) is 4.74 Å². The highest BCUT2D eigenvalue weighted by Gasteiger charge is 2.30. The molecule has 0 radical (unpaired) electrons. The van der Waals surface area contributed by atoms with Gasteiger partial charge < -0.3 is 15.0 Å². The lowest BCUT2D eigenvalue weighted by Crippen LogP contribution is -2.50. The van der Waals surface area contributed by atoms with Crippen LogP contribution in [0.2, 0.25) is 0 Å². The maximum Gasteiger partial charge on any atom is 0.273 e. The summed E-state index contributed by atoms with van der Waals surface area (Å²) in [5.41, 5.74) is 1.73. The molecule has 1 aromatic carbocycles. The van der Waals surface area contributed by atoms with E-state index < -0.39 is 0 Å². The molecular weight excluding hydrogens is 412 g/mol. The van der Waals surface area contributed by atoms with Crippen LogP contribution in [0.4, 0.5) is 5.69 Å². The van der Waals surface area contributed by atoms with E-state index in [0.29, 0.717) is 12.5 Å². The number of hydrogen-bond donors (Lipinski definition) is 1. The number of rotatable bonds is 6. The highest BCUT2D eigenvalue weighted by molar-refractivity contribution is 7.11. The van der Waals surface area contributed by atoms with E-state index in [2.05, 4.69) is 15.2 Å². The Hall–Kier alpha value is -2.45. The predicted molar refractivity (Wildman–Crippen MR) is 121 cm³/mol. The van der Waals surface area contributed by atoms with Crippen LogP contribution >= 0.6 is 11.3 Å². The van der Waals surface area contributed by atoms with Crippen LogP contribution in [-0.2, 0) is 16.0 Å². The molecule has 0 bridgehead atoms. The standard InChI is InChI=1S/C23H30N4O3S/c1-17(28)25-19-4-2-18(3-5-19)16-22(29)27-11-6-20(7-12-27)26-13-8-21(9-14-26)30-23-24-10-15-31-23/h2-5,10,15,20-21H,6-9,11-14,16H2,1H3,(H,25,28). The van der Waals surface area contributed by atoms with Gasteiger partial charge in [-0.15, -0.1) is 0 Å². The minimum absolute atomic E-state index is 0.0945. The van der Waals surface area contributed by atoms with Crippen molar-refractivity contribution in [2.24, 2.45) is 0 Å². The number of hydrogen-bond acceptors (Lipinski definition) is 6. The molecule has 7 nitrogen and oxygen atoms in total. The number of likely N-dealkylation sites (tertiary alicyclic amines) is 2.